The molecule has 0 saturated carbocycles. The van der Waals surface area contributed by atoms with Gasteiger partial charge in [-0.3, -0.25) is 0 Å². The Morgan fingerprint density at radius 2 is 0.681 bits per heavy atom. The summed E-state index contributed by atoms with van der Waals surface area (Å²) < 4.78 is 6.43. The Morgan fingerprint density at radius 1 is 0.298 bits per heavy atom. The molecule has 2 aromatic heterocycles. The normalized spacial score (nSPS) is 11.4. The zero-order valence-corrected chi connectivity index (χ0v) is 25.3. The van der Waals surface area contributed by atoms with E-state index in [2.05, 4.69) is 115 Å². The van der Waals surface area contributed by atoms with Crippen LogP contribution in [0.4, 0.5) is 0 Å². The van der Waals surface area contributed by atoms with Crippen molar-refractivity contribution in [1.82, 2.24) is 15.0 Å². The van der Waals surface area contributed by atoms with Crippen molar-refractivity contribution in [3.63, 3.8) is 0 Å². The van der Waals surface area contributed by atoms with Crippen molar-refractivity contribution in [2.75, 3.05) is 0 Å². The summed E-state index contributed by atoms with van der Waals surface area (Å²) in [7, 11) is 0. The van der Waals surface area contributed by atoms with Crippen LogP contribution in [0.2, 0.25) is 0 Å². The van der Waals surface area contributed by atoms with Crippen molar-refractivity contribution in [3.8, 4) is 56.4 Å². The number of benzene rings is 7. The van der Waals surface area contributed by atoms with Gasteiger partial charge in [0.25, 0.3) is 0 Å². The summed E-state index contributed by atoms with van der Waals surface area (Å²) in [4.78, 5) is 14.9. The van der Waals surface area contributed by atoms with E-state index in [1.165, 1.54) is 16.5 Å². The highest BCUT2D eigenvalue weighted by atomic mass is 16.3. The minimum atomic E-state index is 0.598. The molecular weight excluding hydrogens is 574 g/mol. The highest BCUT2D eigenvalue weighted by Crippen LogP contribution is 2.35. The smallest absolute Gasteiger partial charge is 0.164 e. The maximum Gasteiger partial charge on any atom is 0.164 e. The molecule has 0 unspecified atom stereocenters. The minimum Gasteiger partial charge on any atom is -0.456 e. The molecule has 0 amide bonds. The van der Waals surface area contributed by atoms with Crippen molar-refractivity contribution < 1.29 is 4.42 Å². The second-order valence-corrected chi connectivity index (χ2v) is 11.7. The molecule has 9 rings (SSSR count). The lowest BCUT2D eigenvalue weighted by molar-refractivity contribution is 0.669. The SMILES string of the molecule is c1ccc(-c2ccc3cc(-c4nc(-c5ccccc5)nc(-c5ccc6c(c5)oc5cc(-c7ccccc7)ccc56)n4)ccc3c2)cc1. The first-order valence-electron chi connectivity index (χ1n) is 15.7. The van der Waals surface area contributed by atoms with E-state index in [0.29, 0.717) is 17.5 Å². The van der Waals surface area contributed by atoms with Gasteiger partial charge in [-0.15, -0.1) is 0 Å². The molecule has 0 aliphatic carbocycles. The van der Waals surface area contributed by atoms with Gasteiger partial charge in [-0.25, -0.2) is 15.0 Å². The molecule has 0 radical (unpaired) electrons. The standard InChI is InChI=1S/C43H27N3O/c1-4-10-28(11-5-1)31-16-17-33-25-35(19-18-32(33)24-31)42-44-41(30-14-8-3-9-15-30)45-43(46-42)36-21-23-38-37-22-20-34(29-12-6-2-7-13-29)26-39(37)47-40(38)27-36/h1-27H. The Balaban J connectivity index is 1.15. The summed E-state index contributed by atoms with van der Waals surface area (Å²) in [5, 5.41) is 4.44. The van der Waals surface area contributed by atoms with Crippen LogP contribution in [0.15, 0.2) is 168 Å². The van der Waals surface area contributed by atoms with Crippen molar-refractivity contribution in [1.29, 1.82) is 0 Å². The minimum absolute atomic E-state index is 0.598. The Bertz CT molecular complexity index is 2560. The number of fused-ring (bicyclic) bond motifs is 4. The Kier molecular flexibility index (Phi) is 6.43. The van der Waals surface area contributed by atoms with E-state index in [9.17, 15) is 0 Å². The second-order valence-electron chi connectivity index (χ2n) is 11.7. The van der Waals surface area contributed by atoms with Crippen LogP contribution in [0.3, 0.4) is 0 Å². The number of nitrogens with zero attached hydrogens (tertiary/aromatic N) is 3. The van der Waals surface area contributed by atoms with Crippen molar-refractivity contribution in [2.24, 2.45) is 0 Å². The Morgan fingerprint density at radius 3 is 1.26 bits per heavy atom. The molecule has 7 aromatic carbocycles. The highest BCUT2D eigenvalue weighted by Gasteiger charge is 2.15. The third kappa shape index (κ3) is 5.02. The summed E-state index contributed by atoms with van der Waals surface area (Å²) in [6.07, 6.45) is 0. The Hall–Kier alpha value is -6.39. The fourth-order valence-corrected chi connectivity index (χ4v) is 6.27. The number of furan rings is 1. The lowest BCUT2D eigenvalue weighted by Gasteiger charge is -2.10. The first-order chi connectivity index (χ1) is 23.2. The zero-order chi connectivity index (χ0) is 31.2. The summed E-state index contributed by atoms with van der Waals surface area (Å²) in [5.41, 5.74) is 9.06. The van der Waals surface area contributed by atoms with Gasteiger partial charge in [0.05, 0.1) is 0 Å². The van der Waals surface area contributed by atoms with Crippen LogP contribution in [0, 0.1) is 0 Å². The second kappa shape index (κ2) is 11.2. The van der Waals surface area contributed by atoms with Crippen molar-refractivity contribution >= 4 is 32.7 Å². The van der Waals surface area contributed by atoms with Gasteiger partial charge in [0.15, 0.2) is 17.5 Å². The van der Waals surface area contributed by atoms with E-state index in [0.717, 1.165) is 55.1 Å². The van der Waals surface area contributed by atoms with E-state index in [4.69, 9.17) is 19.4 Å². The molecule has 0 aliphatic heterocycles. The largest absolute Gasteiger partial charge is 0.456 e. The zero-order valence-electron chi connectivity index (χ0n) is 25.3. The van der Waals surface area contributed by atoms with Crippen LogP contribution in [0.5, 0.6) is 0 Å². The number of hydrogen-bond donors (Lipinski definition) is 0. The van der Waals surface area contributed by atoms with Crippen molar-refractivity contribution in [3.05, 3.63) is 164 Å². The van der Waals surface area contributed by atoms with E-state index in [-0.39, 0.29) is 0 Å². The molecule has 0 N–H and O–H groups in total. The number of aromatic nitrogens is 3. The fraction of sp³-hybridized carbons (Fsp3) is 0. The number of rotatable bonds is 5. The highest BCUT2D eigenvalue weighted by molar-refractivity contribution is 6.06. The molecule has 220 valence electrons. The van der Waals surface area contributed by atoms with Gasteiger partial charge < -0.3 is 4.42 Å². The average molecular weight is 602 g/mol. The predicted molar refractivity (Wildman–Crippen MR) is 192 cm³/mol. The maximum absolute atomic E-state index is 6.43. The molecule has 4 nitrogen and oxygen atoms in total. The Labute approximate surface area is 271 Å². The molecule has 47 heavy (non-hydrogen) atoms. The maximum atomic E-state index is 6.43. The quantitative estimate of drug-likeness (QED) is 0.197. The average Bonchev–Trinajstić information content (AvgIpc) is 3.52. The lowest BCUT2D eigenvalue weighted by atomic mass is 10.00. The molecule has 0 atom stereocenters. The molecule has 4 heteroatoms. The predicted octanol–water partition coefficient (Wildman–Crippen LogP) is 11.3. The molecule has 2 heterocycles. The molecule has 9 aromatic rings. The summed E-state index contributed by atoms with van der Waals surface area (Å²) >= 11 is 0. The van der Waals surface area contributed by atoms with Gasteiger partial charge in [0, 0.05) is 27.5 Å². The van der Waals surface area contributed by atoms with Crippen LogP contribution in [-0.4, -0.2) is 15.0 Å². The van der Waals surface area contributed by atoms with E-state index in [1.54, 1.807) is 0 Å². The third-order valence-corrected chi connectivity index (χ3v) is 8.71. The molecular formula is C43H27N3O. The molecule has 0 saturated heterocycles. The fourth-order valence-electron chi connectivity index (χ4n) is 6.27. The van der Waals surface area contributed by atoms with E-state index in [1.807, 2.05) is 48.5 Å². The molecule has 0 fully saturated rings. The van der Waals surface area contributed by atoms with Crippen LogP contribution in [0.25, 0.3) is 89.1 Å². The topological polar surface area (TPSA) is 51.8 Å². The summed E-state index contributed by atoms with van der Waals surface area (Å²) in [6, 6.07) is 56.5. The molecule has 0 spiro atoms. The van der Waals surface area contributed by atoms with Crippen LogP contribution >= 0.6 is 0 Å². The van der Waals surface area contributed by atoms with Gasteiger partial charge >= 0.3 is 0 Å². The van der Waals surface area contributed by atoms with Gasteiger partial charge in [0.2, 0.25) is 0 Å². The summed E-state index contributed by atoms with van der Waals surface area (Å²) in [5.74, 6) is 1.85. The van der Waals surface area contributed by atoms with Gasteiger partial charge in [-0.05, 0) is 69.4 Å². The monoisotopic (exact) mass is 601 g/mol. The molecule has 0 aliphatic rings. The molecule has 0 bridgehead atoms. The summed E-state index contributed by atoms with van der Waals surface area (Å²) in [6.45, 7) is 0. The van der Waals surface area contributed by atoms with E-state index < -0.39 is 0 Å². The van der Waals surface area contributed by atoms with Crippen LogP contribution in [0.1, 0.15) is 0 Å². The van der Waals surface area contributed by atoms with E-state index >= 15 is 0 Å². The van der Waals surface area contributed by atoms with Gasteiger partial charge in [0.1, 0.15) is 11.2 Å². The third-order valence-electron chi connectivity index (χ3n) is 8.71. The van der Waals surface area contributed by atoms with Crippen LogP contribution in [-0.2, 0) is 0 Å². The van der Waals surface area contributed by atoms with Gasteiger partial charge in [-0.2, -0.15) is 0 Å². The lowest BCUT2D eigenvalue weighted by Crippen LogP contribution is -2.00. The van der Waals surface area contributed by atoms with Crippen LogP contribution < -0.4 is 0 Å². The number of hydrogen-bond acceptors (Lipinski definition) is 4. The van der Waals surface area contributed by atoms with Gasteiger partial charge in [-0.1, -0.05) is 127 Å². The van der Waals surface area contributed by atoms with Crippen molar-refractivity contribution in [2.45, 2.75) is 0 Å². The first kappa shape index (κ1) is 27.0. The first-order valence-corrected chi connectivity index (χ1v) is 15.7.